The molecule has 1 saturated heterocycles. The molecule has 1 aromatic carbocycles. The number of hydrogen-bond donors (Lipinski definition) is 1. The molecule has 30 heavy (non-hydrogen) atoms. The van der Waals surface area contributed by atoms with Crippen molar-refractivity contribution in [2.75, 3.05) is 29.9 Å². The van der Waals surface area contributed by atoms with Crippen LogP contribution in [0.1, 0.15) is 48.0 Å². The summed E-state index contributed by atoms with van der Waals surface area (Å²) in [6, 6.07) is 12.0. The standard InChI is InChI=1S/C24H28N4O2/c29-23(18-6-1-2-7-18)27-13-12-20(16-27)26-22-10-9-19(15-25-22)24(30)28-14-11-17-5-3-4-8-21(17)28/h3-5,8-10,15,18,20H,1-2,6-7,11-14,16H2,(H,25,26). The van der Waals surface area contributed by atoms with E-state index >= 15 is 0 Å². The molecule has 1 N–H and O–H groups in total. The molecule has 2 aromatic rings. The molecule has 3 aliphatic rings. The van der Waals surface area contributed by atoms with Gasteiger partial charge in [-0.05, 0) is 49.4 Å². The Balaban J connectivity index is 1.19. The Morgan fingerprint density at radius 1 is 1.00 bits per heavy atom. The number of carbonyl (C=O) groups is 2. The van der Waals surface area contributed by atoms with Crippen LogP contribution in [0.3, 0.4) is 0 Å². The van der Waals surface area contributed by atoms with Crippen LogP contribution in [0.25, 0.3) is 0 Å². The number of rotatable bonds is 4. The number of aromatic nitrogens is 1. The molecule has 0 radical (unpaired) electrons. The average Bonchev–Trinajstić information content (AvgIpc) is 3.54. The molecular weight excluding hydrogens is 376 g/mol. The molecule has 0 spiro atoms. The van der Waals surface area contributed by atoms with Gasteiger partial charge in [-0.3, -0.25) is 9.59 Å². The number of para-hydroxylation sites is 1. The van der Waals surface area contributed by atoms with Crippen LogP contribution >= 0.6 is 0 Å². The molecule has 1 saturated carbocycles. The third-order valence-corrected chi connectivity index (χ3v) is 6.70. The first-order valence-electron chi connectivity index (χ1n) is 11.1. The van der Waals surface area contributed by atoms with E-state index in [1.54, 1.807) is 6.20 Å². The SMILES string of the molecule is O=C(C1CCCC1)N1CCC(Nc2ccc(C(=O)N3CCc4ccccc43)cn2)C1. The van der Waals surface area contributed by atoms with E-state index in [0.717, 1.165) is 50.3 Å². The Kier molecular flexibility index (Phi) is 5.15. The molecule has 1 aliphatic carbocycles. The minimum atomic E-state index is -0.00629. The fraction of sp³-hybridized carbons (Fsp3) is 0.458. The van der Waals surface area contributed by atoms with Gasteiger partial charge in [-0.15, -0.1) is 0 Å². The normalized spacial score (nSPS) is 21.1. The molecule has 1 unspecified atom stereocenters. The summed E-state index contributed by atoms with van der Waals surface area (Å²) in [5.74, 6) is 1.32. The van der Waals surface area contributed by atoms with E-state index in [1.807, 2.05) is 40.1 Å². The number of carbonyl (C=O) groups excluding carboxylic acids is 2. The van der Waals surface area contributed by atoms with E-state index in [0.29, 0.717) is 18.0 Å². The number of amides is 2. The second-order valence-electron chi connectivity index (χ2n) is 8.66. The first kappa shape index (κ1) is 19.1. The molecule has 2 amide bonds. The number of fused-ring (bicyclic) bond motifs is 1. The molecule has 1 aromatic heterocycles. The Morgan fingerprint density at radius 2 is 1.83 bits per heavy atom. The zero-order valence-electron chi connectivity index (χ0n) is 17.2. The van der Waals surface area contributed by atoms with E-state index in [4.69, 9.17) is 0 Å². The summed E-state index contributed by atoms with van der Waals surface area (Å²) in [7, 11) is 0. The lowest BCUT2D eigenvalue weighted by Gasteiger charge is -2.21. The molecule has 0 bridgehead atoms. The van der Waals surface area contributed by atoms with Crippen LogP contribution in [0.4, 0.5) is 11.5 Å². The van der Waals surface area contributed by atoms with Crippen molar-refractivity contribution in [3.63, 3.8) is 0 Å². The number of hydrogen-bond acceptors (Lipinski definition) is 4. The van der Waals surface area contributed by atoms with Gasteiger partial charge in [-0.25, -0.2) is 4.98 Å². The fourth-order valence-electron chi connectivity index (χ4n) is 5.03. The lowest BCUT2D eigenvalue weighted by atomic mass is 10.1. The first-order valence-corrected chi connectivity index (χ1v) is 11.1. The van der Waals surface area contributed by atoms with Crippen molar-refractivity contribution in [2.45, 2.75) is 44.6 Å². The van der Waals surface area contributed by atoms with Crippen LogP contribution in [-0.4, -0.2) is 47.4 Å². The Labute approximate surface area is 177 Å². The van der Waals surface area contributed by atoms with Crippen LogP contribution < -0.4 is 10.2 Å². The van der Waals surface area contributed by atoms with Gasteiger partial charge >= 0.3 is 0 Å². The van der Waals surface area contributed by atoms with Crippen LogP contribution in [0.2, 0.25) is 0 Å². The lowest BCUT2D eigenvalue weighted by Crippen LogP contribution is -2.35. The summed E-state index contributed by atoms with van der Waals surface area (Å²) in [5, 5.41) is 3.44. The van der Waals surface area contributed by atoms with Crippen LogP contribution in [-0.2, 0) is 11.2 Å². The fourth-order valence-corrected chi connectivity index (χ4v) is 5.03. The van der Waals surface area contributed by atoms with Gasteiger partial charge in [-0.1, -0.05) is 31.0 Å². The summed E-state index contributed by atoms with van der Waals surface area (Å²) in [6.07, 6.45) is 7.95. The third-order valence-electron chi connectivity index (χ3n) is 6.70. The lowest BCUT2D eigenvalue weighted by molar-refractivity contribution is -0.134. The minimum absolute atomic E-state index is 0.00629. The molecule has 2 fully saturated rings. The Morgan fingerprint density at radius 3 is 2.63 bits per heavy atom. The molecule has 6 heteroatoms. The number of likely N-dealkylation sites (tertiary alicyclic amines) is 1. The number of anilines is 2. The maximum atomic E-state index is 12.9. The van der Waals surface area contributed by atoms with Crippen molar-refractivity contribution in [2.24, 2.45) is 5.92 Å². The highest BCUT2D eigenvalue weighted by molar-refractivity contribution is 6.07. The van der Waals surface area contributed by atoms with Gasteiger partial charge in [0.1, 0.15) is 5.82 Å². The maximum absolute atomic E-state index is 12.9. The summed E-state index contributed by atoms with van der Waals surface area (Å²) in [6.45, 7) is 2.27. The van der Waals surface area contributed by atoms with Crippen LogP contribution in [0.5, 0.6) is 0 Å². The van der Waals surface area contributed by atoms with Crippen LogP contribution in [0.15, 0.2) is 42.6 Å². The van der Waals surface area contributed by atoms with Gasteiger partial charge in [0.25, 0.3) is 5.91 Å². The van der Waals surface area contributed by atoms with Crippen molar-refractivity contribution in [1.29, 1.82) is 0 Å². The Hall–Kier alpha value is -2.89. The molecule has 1 atom stereocenters. The average molecular weight is 405 g/mol. The van der Waals surface area contributed by atoms with E-state index in [1.165, 1.54) is 18.4 Å². The second-order valence-corrected chi connectivity index (χ2v) is 8.66. The van der Waals surface area contributed by atoms with Gasteiger partial charge in [0.05, 0.1) is 5.56 Å². The summed E-state index contributed by atoms with van der Waals surface area (Å²) >= 11 is 0. The Bertz CT molecular complexity index is 936. The number of pyridine rings is 1. The van der Waals surface area contributed by atoms with Gasteiger partial charge in [-0.2, -0.15) is 0 Å². The monoisotopic (exact) mass is 404 g/mol. The van der Waals surface area contributed by atoms with E-state index < -0.39 is 0 Å². The molecular formula is C24H28N4O2. The molecule has 3 heterocycles. The predicted molar refractivity (Wildman–Crippen MR) is 117 cm³/mol. The van der Waals surface area contributed by atoms with Gasteiger partial charge in [0, 0.05) is 43.5 Å². The zero-order valence-corrected chi connectivity index (χ0v) is 17.2. The van der Waals surface area contributed by atoms with Crippen LogP contribution in [0, 0.1) is 5.92 Å². The molecule has 6 nitrogen and oxygen atoms in total. The maximum Gasteiger partial charge on any atom is 0.259 e. The summed E-state index contributed by atoms with van der Waals surface area (Å²) < 4.78 is 0. The van der Waals surface area contributed by atoms with Crippen molar-refractivity contribution in [3.05, 3.63) is 53.7 Å². The van der Waals surface area contributed by atoms with Crippen molar-refractivity contribution < 1.29 is 9.59 Å². The zero-order chi connectivity index (χ0) is 20.5. The number of nitrogens with one attached hydrogen (secondary N) is 1. The molecule has 5 rings (SSSR count). The largest absolute Gasteiger partial charge is 0.365 e. The summed E-state index contributed by atoms with van der Waals surface area (Å²) in [5.41, 5.74) is 2.82. The number of nitrogens with zero attached hydrogens (tertiary/aromatic N) is 3. The van der Waals surface area contributed by atoms with E-state index in [9.17, 15) is 9.59 Å². The van der Waals surface area contributed by atoms with E-state index in [2.05, 4.69) is 16.4 Å². The van der Waals surface area contributed by atoms with Crippen molar-refractivity contribution >= 4 is 23.3 Å². The van der Waals surface area contributed by atoms with Crippen molar-refractivity contribution in [1.82, 2.24) is 9.88 Å². The number of benzene rings is 1. The highest BCUT2D eigenvalue weighted by atomic mass is 16.2. The van der Waals surface area contributed by atoms with Crippen molar-refractivity contribution in [3.8, 4) is 0 Å². The molecule has 156 valence electrons. The summed E-state index contributed by atoms with van der Waals surface area (Å²) in [4.78, 5) is 33.9. The first-order chi connectivity index (χ1) is 14.7. The highest BCUT2D eigenvalue weighted by Crippen LogP contribution is 2.30. The minimum Gasteiger partial charge on any atom is -0.365 e. The quantitative estimate of drug-likeness (QED) is 0.847. The highest BCUT2D eigenvalue weighted by Gasteiger charge is 2.32. The van der Waals surface area contributed by atoms with Gasteiger partial charge < -0.3 is 15.1 Å². The third kappa shape index (κ3) is 3.66. The predicted octanol–water partition coefficient (Wildman–Crippen LogP) is 3.49. The van der Waals surface area contributed by atoms with Gasteiger partial charge in [0.2, 0.25) is 5.91 Å². The molecule has 2 aliphatic heterocycles. The van der Waals surface area contributed by atoms with E-state index in [-0.39, 0.29) is 17.9 Å². The second kappa shape index (κ2) is 8.09. The smallest absolute Gasteiger partial charge is 0.259 e. The van der Waals surface area contributed by atoms with Gasteiger partial charge in [0.15, 0.2) is 0 Å². The topological polar surface area (TPSA) is 65.5 Å².